The molecule has 0 atom stereocenters. The van der Waals surface area contributed by atoms with E-state index in [0.29, 0.717) is 4.80 Å². The molecular formula is C7H8F3N3O2. The van der Waals surface area contributed by atoms with Gasteiger partial charge in [0.15, 0.2) is 0 Å². The van der Waals surface area contributed by atoms with Gasteiger partial charge >= 0.3 is 12.1 Å². The van der Waals surface area contributed by atoms with Crippen LogP contribution in [0.5, 0.6) is 0 Å². The van der Waals surface area contributed by atoms with Gasteiger partial charge in [0.1, 0.15) is 0 Å². The number of ether oxygens (including phenoxy) is 1. The molecule has 0 aliphatic rings. The zero-order valence-corrected chi connectivity index (χ0v) is 8.00. The predicted octanol–water partition coefficient (Wildman–Crippen LogP) is 1.01. The van der Waals surface area contributed by atoms with Crippen molar-refractivity contribution in [3.63, 3.8) is 0 Å². The van der Waals surface area contributed by atoms with E-state index < -0.39 is 23.5 Å². The molecule has 84 valence electrons. The van der Waals surface area contributed by atoms with Crippen molar-refractivity contribution in [2.24, 2.45) is 7.05 Å². The monoisotopic (exact) mass is 223 g/mol. The number of alkyl halides is 3. The molecule has 0 fully saturated rings. The molecule has 0 aromatic carbocycles. The van der Waals surface area contributed by atoms with E-state index in [-0.39, 0.29) is 6.61 Å². The van der Waals surface area contributed by atoms with E-state index in [9.17, 15) is 18.0 Å². The largest absolute Gasteiger partial charge is 0.461 e. The number of nitrogens with zero attached hydrogens (tertiary/aromatic N) is 3. The van der Waals surface area contributed by atoms with Crippen molar-refractivity contribution in [3.8, 4) is 0 Å². The Morgan fingerprint density at radius 3 is 2.53 bits per heavy atom. The fourth-order valence-corrected chi connectivity index (χ4v) is 0.934. The Hall–Kier alpha value is -1.60. The highest BCUT2D eigenvalue weighted by Crippen LogP contribution is 2.29. The van der Waals surface area contributed by atoms with Crippen molar-refractivity contribution in [3.05, 3.63) is 11.4 Å². The lowest BCUT2D eigenvalue weighted by Gasteiger charge is -2.03. The first kappa shape index (κ1) is 11.5. The van der Waals surface area contributed by atoms with Gasteiger partial charge in [-0.15, -0.1) is 10.2 Å². The SMILES string of the molecule is CCOC(=O)c1nn(C)nc1C(F)(F)F. The summed E-state index contributed by atoms with van der Waals surface area (Å²) in [6.07, 6.45) is -4.71. The molecule has 0 spiro atoms. The lowest BCUT2D eigenvalue weighted by atomic mass is 10.3. The molecule has 0 bridgehead atoms. The van der Waals surface area contributed by atoms with Gasteiger partial charge in [0.2, 0.25) is 11.4 Å². The van der Waals surface area contributed by atoms with Crippen molar-refractivity contribution in [2.75, 3.05) is 6.61 Å². The Bertz CT molecular complexity index is 372. The van der Waals surface area contributed by atoms with Crippen LogP contribution in [0.1, 0.15) is 23.1 Å². The number of carbonyl (C=O) groups excluding carboxylic acids is 1. The van der Waals surface area contributed by atoms with Crippen LogP contribution in [0, 0.1) is 0 Å². The van der Waals surface area contributed by atoms with Gasteiger partial charge in [-0.25, -0.2) is 4.79 Å². The topological polar surface area (TPSA) is 57.0 Å². The molecule has 0 aliphatic carbocycles. The summed E-state index contributed by atoms with van der Waals surface area (Å²) in [6, 6.07) is 0. The van der Waals surface area contributed by atoms with Crippen LogP contribution >= 0.6 is 0 Å². The second kappa shape index (κ2) is 3.87. The van der Waals surface area contributed by atoms with Crippen LogP contribution in [0.3, 0.4) is 0 Å². The predicted molar refractivity (Wildman–Crippen MR) is 42.0 cm³/mol. The zero-order valence-electron chi connectivity index (χ0n) is 8.00. The molecule has 1 rings (SSSR count). The maximum atomic E-state index is 12.3. The van der Waals surface area contributed by atoms with Gasteiger partial charge in [0.05, 0.1) is 6.61 Å². The van der Waals surface area contributed by atoms with Crippen LogP contribution in [-0.2, 0) is 18.0 Å². The van der Waals surface area contributed by atoms with Gasteiger partial charge in [-0.1, -0.05) is 0 Å². The Balaban J connectivity index is 3.12. The number of esters is 1. The third-order valence-corrected chi connectivity index (χ3v) is 1.45. The maximum absolute atomic E-state index is 12.3. The molecule has 5 nitrogen and oxygen atoms in total. The number of hydrogen-bond donors (Lipinski definition) is 0. The van der Waals surface area contributed by atoms with Gasteiger partial charge in [-0.05, 0) is 6.92 Å². The number of carbonyl (C=O) groups is 1. The molecule has 0 radical (unpaired) electrons. The van der Waals surface area contributed by atoms with E-state index in [4.69, 9.17) is 0 Å². The first-order valence-corrected chi connectivity index (χ1v) is 4.02. The minimum Gasteiger partial charge on any atom is -0.461 e. The summed E-state index contributed by atoms with van der Waals surface area (Å²) in [5.41, 5.74) is -2.14. The van der Waals surface area contributed by atoms with Crippen molar-refractivity contribution >= 4 is 5.97 Å². The standard InChI is InChI=1S/C7H8F3N3O2/c1-3-15-6(14)4-5(7(8,9)10)12-13(2)11-4/h3H2,1-2H3. The minimum atomic E-state index is -4.71. The van der Waals surface area contributed by atoms with E-state index in [1.165, 1.54) is 14.0 Å². The highest BCUT2D eigenvalue weighted by molar-refractivity contribution is 5.88. The van der Waals surface area contributed by atoms with Crippen molar-refractivity contribution in [1.29, 1.82) is 0 Å². The summed E-state index contributed by atoms with van der Waals surface area (Å²) in [6.45, 7) is 1.47. The highest BCUT2D eigenvalue weighted by Gasteiger charge is 2.40. The van der Waals surface area contributed by atoms with Gasteiger partial charge in [-0.2, -0.15) is 18.0 Å². The Kier molecular flexibility index (Phi) is 2.96. The molecule has 1 aromatic rings. The van der Waals surface area contributed by atoms with E-state index in [0.717, 1.165) is 0 Å². The van der Waals surface area contributed by atoms with Crippen LogP contribution in [0.25, 0.3) is 0 Å². The van der Waals surface area contributed by atoms with Crippen LogP contribution in [0.4, 0.5) is 13.2 Å². The van der Waals surface area contributed by atoms with E-state index in [2.05, 4.69) is 14.9 Å². The van der Waals surface area contributed by atoms with Crippen LogP contribution in [0.2, 0.25) is 0 Å². The van der Waals surface area contributed by atoms with Crippen molar-refractivity contribution in [1.82, 2.24) is 15.0 Å². The first-order valence-electron chi connectivity index (χ1n) is 4.02. The number of rotatable bonds is 2. The molecular weight excluding hydrogens is 215 g/mol. The fraction of sp³-hybridized carbons (Fsp3) is 0.571. The van der Waals surface area contributed by atoms with Crippen molar-refractivity contribution in [2.45, 2.75) is 13.1 Å². The van der Waals surface area contributed by atoms with E-state index in [1.807, 2.05) is 0 Å². The third-order valence-electron chi connectivity index (χ3n) is 1.45. The molecule has 1 heterocycles. The summed E-state index contributed by atoms with van der Waals surface area (Å²) in [5.74, 6) is -1.13. The fourth-order valence-electron chi connectivity index (χ4n) is 0.934. The average molecular weight is 223 g/mol. The highest BCUT2D eigenvalue weighted by atomic mass is 19.4. The summed E-state index contributed by atoms with van der Waals surface area (Å²) in [7, 11) is 1.19. The Morgan fingerprint density at radius 1 is 1.47 bits per heavy atom. The molecule has 0 N–H and O–H groups in total. The van der Waals surface area contributed by atoms with Crippen LogP contribution in [-0.4, -0.2) is 27.6 Å². The summed E-state index contributed by atoms with van der Waals surface area (Å²) in [4.78, 5) is 11.8. The maximum Gasteiger partial charge on any atom is 0.437 e. The number of aromatic nitrogens is 3. The number of aryl methyl sites for hydroxylation is 1. The second-order valence-corrected chi connectivity index (χ2v) is 2.60. The second-order valence-electron chi connectivity index (χ2n) is 2.60. The summed E-state index contributed by atoms with van der Waals surface area (Å²) >= 11 is 0. The Labute approximate surface area is 82.8 Å². The molecule has 0 aliphatic heterocycles. The molecule has 0 saturated heterocycles. The van der Waals surface area contributed by atoms with E-state index in [1.54, 1.807) is 0 Å². The molecule has 1 aromatic heterocycles. The summed E-state index contributed by atoms with van der Waals surface area (Å²) in [5, 5.41) is 6.37. The van der Waals surface area contributed by atoms with Crippen LogP contribution < -0.4 is 0 Å². The van der Waals surface area contributed by atoms with Gasteiger partial charge in [0.25, 0.3) is 0 Å². The summed E-state index contributed by atoms with van der Waals surface area (Å²) < 4.78 is 41.4. The quantitative estimate of drug-likeness (QED) is 0.702. The Morgan fingerprint density at radius 2 is 2.07 bits per heavy atom. The molecule has 0 unspecified atom stereocenters. The van der Waals surface area contributed by atoms with Gasteiger partial charge in [-0.3, -0.25) is 0 Å². The average Bonchev–Trinajstić information content (AvgIpc) is 2.47. The normalized spacial score (nSPS) is 11.5. The third kappa shape index (κ3) is 2.45. The van der Waals surface area contributed by atoms with Crippen LogP contribution in [0.15, 0.2) is 0 Å². The lowest BCUT2D eigenvalue weighted by molar-refractivity contribution is -0.142. The van der Waals surface area contributed by atoms with Gasteiger partial charge < -0.3 is 4.74 Å². The lowest BCUT2D eigenvalue weighted by Crippen LogP contribution is -2.15. The zero-order chi connectivity index (χ0) is 11.6. The molecule has 0 saturated carbocycles. The first-order chi connectivity index (χ1) is 6.86. The molecule has 8 heteroatoms. The van der Waals surface area contributed by atoms with E-state index >= 15 is 0 Å². The number of hydrogen-bond acceptors (Lipinski definition) is 4. The minimum absolute atomic E-state index is 0.0211. The smallest absolute Gasteiger partial charge is 0.437 e. The number of halogens is 3. The van der Waals surface area contributed by atoms with Crippen molar-refractivity contribution < 1.29 is 22.7 Å². The van der Waals surface area contributed by atoms with Gasteiger partial charge in [0, 0.05) is 7.05 Å². The molecule has 15 heavy (non-hydrogen) atoms. The molecule has 0 amide bonds.